The van der Waals surface area contributed by atoms with Crippen molar-refractivity contribution in [3.63, 3.8) is 0 Å². The molecule has 2 rings (SSSR count). The van der Waals surface area contributed by atoms with Crippen molar-refractivity contribution in [2.24, 2.45) is 0 Å². The van der Waals surface area contributed by atoms with Crippen LogP contribution in [0.15, 0.2) is 24.3 Å². The molecular weight excluding hydrogens is 281 g/mol. The van der Waals surface area contributed by atoms with E-state index in [1.807, 2.05) is 12.1 Å². The zero-order valence-corrected chi connectivity index (χ0v) is 11.9. The maximum Gasteiger partial charge on any atom is 0.411 e. The van der Waals surface area contributed by atoms with Crippen molar-refractivity contribution < 1.29 is 23.0 Å². The van der Waals surface area contributed by atoms with Crippen LogP contribution in [0.4, 0.5) is 13.2 Å². The zero-order chi connectivity index (χ0) is 15.3. The van der Waals surface area contributed by atoms with Gasteiger partial charge in [-0.25, -0.2) is 0 Å². The Morgan fingerprint density at radius 2 is 1.71 bits per heavy atom. The number of rotatable bonds is 5. The first kappa shape index (κ1) is 16.3. The number of ether oxygens (including phenoxy) is 1. The molecule has 1 aromatic rings. The van der Waals surface area contributed by atoms with E-state index in [0.717, 1.165) is 0 Å². The summed E-state index contributed by atoms with van der Waals surface area (Å²) in [5.41, 5.74) is 1.85. The summed E-state index contributed by atoms with van der Waals surface area (Å²) in [6, 6.07) is 7.51. The second-order valence-electron chi connectivity index (χ2n) is 5.65. The van der Waals surface area contributed by atoms with Crippen molar-refractivity contribution in [1.82, 2.24) is 0 Å². The van der Waals surface area contributed by atoms with Crippen molar-refractivity contribution >= 4 is 0 Å². The Kier molecular flexibility index (Phi) is 5.65. The van der Waals surface area contributed by atoms with Gasteiger partial charge in [0, 0.05) is 0 Å². The molecular formula is C16H21F3O2. The smallest absolute Gasteiger partial charge is 0.386 e. The highest BCUT2D eigenvalue weighted by Gasteiger charge is 2.28. The van der Waals surface area contributed by atoms with Crippen LogP contribution in [0.2, 0.25) is 0 Å². The van der Waals surface area contributed by atoms with E-state index in [2.05, 4.69) is 4.74 Å². The van der Waals surface area contributed by atoms with E-state index in [-0.39, 0.29) is 6.61 Å². The maximum atomic E-state index is 12.0. The topological polar surface area (TPSA) is 29.5 Å². The molecule has 0 spiro atoms. The lowest BCUT2D eigenvalue weighted by molar-refractivity contribution is -0.179. The Labute approximate surface area is 122 Å². The molecule has 1 atom stereocenters. The third kappa shape index (κ3) is 5.32. The number of halogens is 3. The molecule has 1 fully saturated rings. The van der Waals surface area contributed by atoms with Crippen molar-refractivity contribution in [1.29, 1.82) is 0 Å². The van der Waals surface area contributed by atoms with Crippen LogP contribution in [0.1, 0.15) is 55.3 Å². The molecule has 0 radical (unpaired) electrons. The summed E-state index contributed by atoms with van der Waals surface area (Å²) in [6.07, 6.45) is 0.801. The van der Waals surface area contributed by atoms with Gasteiger partial charge in [0.25, 0.3) is 0 Å². The summed E-state index contributed by atoms with van der Waals surface area (Å²) in [6.45, 7) is -1.67. The van der Waals surface area contributed by atoms with Crippen LogP contribution in [-0.4, -0.2) is 24.5 Å². The fourth-order valence-electron chi connectivity index (χ4n) is 2.81. The van der Waals surface area contributed by atoms with E-state index in [1.165, 1.54) is 37.7 Å². The minimum atomic E-state index is -4.36. The molecule has 118 valence electrons. The lowest BCUT2D eigenvalue weighted by Gasteiger charge is -2.22. The Morgan fingerprint density at radius 3 is 2.29 bits per heavy atom. The summed E-state index contributed by atoms with van der Waals surface area (Å²) in [5.74, 6) is 0.575. The van der Waals surface area contributed by atoms with Crippen molar-refractivity contribution in [3.8, 4) is 0 Å². The molecule has 0 bridgehead atoms. The highest BCUT2D eigenvalue weighted by atomic mass is 19.4. The van der Waals surface area contributed by atoms with E-state index in [0.29, 0.717) is 11.5 Å². The van der Waals surface area contributed by atoms with E-state index >= 15 is 0 Å². The summed E-state index contributed by atoms with van der Waals surface area (Å²) in [5, 5.41) is 9.83. The van der Waals surface area contributed by atoms with Crippen LogP contribution in [0, 0.1) is 0 Å². The first-order valence-electron chi connectivity index (χ1n) is 7.38. The van der Waals surface area contributed by atoms with Crippen LogP contribution in [0.5, 0.6) is 0 Å². The van der Waals surface area contributed by atoms with Crippen LogP contribution < -0.4 is 0 Å². The average Bonchev–Trinajstić information content (AvgIpc) is 2.47. The van der Waals surface area contributed by atoms with Gasteiger partial charge in [0.05, 0.1) is 6.61 Å². The van der Waals surface area contributed by atoms with Gasteiger partial charge in [0.1, 0.15) is 12.7 Å². The number of aliphatic hydroxyl groups is 1. The summed E-state index contributed by atoms with van der Waals surface area (Å²) in [4.78, 5) is 0. The Bertz CT molecular complexity index is 422. The summed E-state index contributed by atoms with van der Waals surface area (Å²) >= 11 is 0. The van der Waals surface area contributed by atoms with Gasteiger partial charge in [-0.3, -0.25) is 0 Å². The Balaban J connectivity index is 1.86. The molecule has 0 saturated heterocycles. The standard InChI is InChI=1S/C16H21F3O2/c17-16(18,19)11-21-10-15(20)14-8-6-13(7-9-14)12-4-2-1-3-5-12/h6-9,12,15,20H,1-5,10-11H2. The van der Waals surface area contributed by atoms with Gasteiger partial charge in [0.2, 0.25) is 0 Å². The van der Waals surface area contributed by atoms with Crippen molar-refractivity contribution in [2.45, 2.75) is 50.3 Å². The van der Waals surface area contributed by atoms with Crippen molar-refractivity contribution in [2.75, 3.05) is 13.2 Å². The number of alkyl halides is 3. The first-order valence-corrected chi connectivity index (χ1v) is 7.38. The molecule has 0 amide bonds. The van der Waals surface area contributed by atoms with Gasteiger partial charge in [-0.05, 0) is 29.9 Å². The third-order valence-electron chi connectivity index (χ3n) is 3.94. The maximum absolute atomic E-state index is 12.0. The first-order chi connectivity index (χ1) is 9.96. The quantitative estimate of drug-likeness (QED) is 0.876. The van der Waals surface area contributed by atoms with Gasteiger partial charge in [-0.15, -0.1) is 0 Å². The normalized spacial score (nSPS) is 18.7. The van der Waals surface area contributed by atoms with Gasteiger partial charge in [-0.2, -0.15) is 13.2 Å². The number of benzene rings is 1. The van der Waals surface area contributed by atoms with E-state index in [1.54, 1.807) is 12.1 Å². The minimum absolute atomic E-state index is 0.345. The third-order valence-corrected chi connectivity index (χ3v) is 3.94. The number of hydrogen-bond donors (Lipinski definition) is 1. The molecule has 21 heavy (non-hydrogen) atoms. The molecule has 1 saturated carbocycles. The largest absolute Gasteiger partial charge is 0.411 e. The van der Waals surface area contributed by atoms with Gasteiger partial charge >= 0.3 is 6.18 Å². The molecule has 1 aliphatic rings. The lowest BCUT2D eigenvalue weighted by atomic mass is 9.84. The van der Waals surface area contributed by atoms with E-state index < -0.39 is 18.9 Å². The Hall–Kier alpha value is -1.07. The summed E-state index contributed by atoms with van der Waals surface area (Å²) < 4.78 is 40.4. The highest BCUT2D eigenvalue weighted by Crippen LogP contribution is 2.33. The summed E-state index contributed by atoms with van der Waals surface area (Å²) in [7, 11) is 0. The van der Waals surface area contributed by atoms with E-state index in [9.17, 15) is 18.3 Å². The molecule has 0 aromatic heterocycles. The lowest BCUT2D eigenvalue weighted by Crippen LogP contribution is -2.19. The molecule has 0 heterocycles. The molecule has 0 aliphatic heterocycles. The van der Waals surface area contributed by atoms with Crippen LogP contribution in [0.3, 0.4) is 0 Å². The fraction of sp³-hybridized carbons (Fsp3) is 0.625. The number of aliphatic hydroxyl groups excluding tert-OH is 1. The van der Waals surface area contributed by atoms with Crippen LogP contribution >= 0.6 is 0 Å². The monoisotopic (exact) mass is 302 g/mol. The fourth-order valence-corrected chi connectivity index (χ4v) is 2.81. The molecule has 5 heteroatoms. The van der Waals surface area contributed by atoms with Gasteiger partial charge < -0.3 is 9.84 Å². The predicted octanol–water partition coefficient (Wildman–Crippen LogP) is 4.35. The highest BCUT2D eigenvalue weighted by molar-refractivity contribution is 5.27. The van der Waals surface area contributed by atoms with E-state index in [4.69, 9.17) is 0 Å². The molecule has 1 N–H and O–H groups in total. The number of hydrogen-bond acceptors (Lipinski definition) is 2. The molecule has 1 aliphatic carbocycles. The second kappa shape index (κ2) is 7.27. The van der Waals surface area contributed by atoms with Gasteiger partial charge in [-0.1, -0.05) is 43.5 Å². The SMILES string of the molecule is OC(COCC(F)(F)F)c1ccc(C2CCCCC2)cc1. The molecule has 1 unspecified atom stereocenters. The zero-order valence-electron chi connectivity index (χ0n) is 11.9. The van der Waals surface area contributed by atoms with Gasteiger partial charge in [0.15, 0.2) is 0 Å². The average molecular weight is 302 g/mol. The molecule has 2 nitrogen and oxygen atoms in total. The Morgan fingerprint density at radius 1 is 1.10 bits per heavy atom. The van der Waals surface area contributed by atoms with Crippen molar-refractivity contribution in [3.05, 3.63) is 35.4 Å². The van der Waals surface area contributed by atoms with Crippen LogP contribution in [-0.2, 0) is 4.74 Å². The second-order valence-corrected chi connectivity index (χ2v) is 5.65. The minimum Gasteiger partial charge on any atom is -0.386 e. The predicted molar refractivity (Wildman–Crippen MR) is 74.1 cm³/mol. The molecule has 1 aromatic carbocycles. The van der Waals surface area contributed by atoms with Crippen LogP contribution in [0.25, 0.3) is 0 Å².